The number of hydrogen-bond acceptors (Lipinski definition) is 3. The lowest BCUT2D eigenvalue weighted by Crippen LogP contribution is -2.48. The van der Waals surface area contributed by atoms with Crippen molar-refractivity contribution in [2.45, 2.75) is 43.8 Å². The largest absolute Gasteiger partial charge is 0.349 e. The Bertz CT molecular complexity index is 956. The maximum absolute atomic E-state index is 13.0. The molecule has 2 aliphatic rings. The Hall–Kier alpha value is -2.46. The number of nitrogens with zero attached hydrogens (tertiary/aromatic N) is 1. The molecule has 2 aliphatic heterocycles. The molecule has 0 spiro atoms. The molecule has 2 unspecified atom stereocenters. The molecule has 2 saturated heterocycles. The van der Waals surface area contributed by atoms with Crippen molar-refractivity contribution < 1.29 is 4.79 Å². The van der Waals surface area contributed by atoms with Gasteiger partial charge < -0.3 is 10.6 Å². The Morgan fingerprint density at radius 3 is 2.64 bits per heavy atom. The number of hydrogen-bond donors (Lipinski definition) is 2. The number of carbonyl (C=O) groups is 1. The third-order valence-electron chi connectivity index (χ3n) is 5.67. The van der Waals surface area contributed by atoms with E-state index >= 15 is 0 Å². The van der Waals surface area contributed by atoms with Crippen molar-refractivity contribution >= 4 is 27.6 Å². The molecule has 2 fully saturated rings. The number of pyridine rings is 1. The number of aromatic nitrogens is 1. The second-order valence-corrected chi connectivity index (χ2v) is 7.32. The Balaban J connectivity index is 1.53. The van der Waals surface area contributed by atoms with Crippen molar-refractivity contribution in [3.05, 3.63) is 54.2 Å². The van der Waals surface area contributed by atoms with Gasteiger partial charge in [0, 0.05) is 29.7 Å². The predicted octanol–water partition coefficient (Wildman–Crippen LogP) is 3.40. The van der Waals surface area contributed by atoms with Crippen LogP contribution in [0.1, 0.15) is 36.0 Å². The number of benzene rings is 2. The molecule has 1 amide bonds. The van der Waals surface area contributed by atoms with E-state index in [9.17, 15) is 4.79 Å². The summed E-state index contributed by atoms with van der Waals surface area (Å²) < 4.78 is 0. The maximum Gasteiger partial charge on any atom is 0.253 e. The van der Waals surface area contributed by atoms with Crippen LogP contribution in [-0.2, 0) is 0 Å². The van der Waals surface area contributed by atoms with Crippen LogP contribution in [0.2, 0.25) is 0 Å². The van der Waals surface area contributed by atoms with Crippen LogP contribution in [0.4, 0.5) is 0 Å². The fraction of sp³-hybridized carbons (Fsp3) is 0.333. The van der Waals surface area contributed by atoms with Crippen molar-refractivity contribution in [1.82, 2.24) is 15.6 Å². The second-order valence-electron chi connectivity index (χ2n) is 7.32. The molecular weight excluding hydrogens is 310 g/mol. The minimum atomic E-state index is 0.000697. The zero-order valence-corrected chi connectivity index (χ0v) is 14.0. The Morgan fingerprint density at radius 2 is 1.80 bits per heavy atom. The molecule has 2 N–H and O–H groups in total. The first-order valence-electron chi connectivity index (χ1n) is 9.11. The lowest BCUT2D eigenvalue weighted by Gasteiger charge is -2.29. The molecule has 3 aromatic rings. The van der Waals surface area contributed by atoms with E-state index in [1.807, 2.05) is 30.3 Å². The molecule has 2 aromatic carbocycles. The highest BCUT2D eigenvalue weighted by atomic mass is 16.1. The van der Waals surface area contributed by atoms with Gasteiger partial charge in [0.15, 0.2) is 0 Å². The van der Waals surface area contributed by atoms with Gasteiger partial charge in [0.25, 0.3) is 5.91 Å². The molecule has 0 aliphatic carbocycles. The minimum absolute atomic E-state index is 0.000697. The number of rotatable bonds is 2. The molecule has 25 heavy (non-hydrogen) atoms. The first-order valence-corrected chi connectivity index (χ1v) is 9.11. The van der Waals surface area contributed by atoms with Gasteiger partial charge in [-0.05, 0) is 48.6 Å². The van der Waals surface area contributed by atoms with Gasteiger partial charge >= 0.3 is 0 Å². The summed E-state index contributed by atoms with van der Waals surface area (Å²) in [5, 5.41) is 10.2. The van der Waals surface area contributed by atoms with Gasteiger partial charge in [-0.25, -0.2) is 0 Å². The number of piperidine rings is 1. The Kier molecular flexibility index (Phi) is 3.45. The fourth-order valence-electron chi connectivity index (χ4n) is 4.54. The normalized spacial score (nSPS) is 25.4. The highest BCUT2D eigenvalue weighted by Crippen LogP contribution is 2.29. The first-order chi connectivity index (χ1) is 12.3. The summed E-state index contributed by atoms with van der Waals surface area (Å²) in [5.74, 6) is 0.000697. The summed E-state index contributed by atoms with van der Waals surface area (Å²) in [6, 6.07) is 15.5. The molecule has 3 heterocycles. The minimum Gasteiger partial charge on any atom is -0.349 e. The van der Waals surface area contributed by atoms with Crippen LogP contribution in [-0.4, -0.2) is 29.0 Å². The van der Waals surface area contributed by atoms with E-state index in [0.717, 1.165) is 34.5 Å². The van der Waals surface area contributed by atoms with Gasteiger partial charge in [-0.1, -0.05) is 30.3 Å². The van der Waals surface area contributed by atoms with Gasteiger partial charge in [0.2, 0.25) is 0 Å². The smallest absolute Gasteiger partial charge is 0.253 e. The van der Waals surface area contributed by atoms with E-state index in [-0.39, 0.29) is 11.9 Å². The molecule has 4 heteroatoms. The lowest BCUT2D eigenvalue weighted by molar-refractivity contribution is 0.0925. The zero-order valence-electron chi connectivity index (χ0n) is 14.0. The number of fused-ring (bicyclic) bond motifs is 5. The summed E-state index contributed by atoms with van der Waals surface area (Å²) in [4.78, 5) is 17.5. The van der Waals surface area contributed by atoms with Crippen molar-refractivity contribution in [3.63, 3.8) is 0 Å². The van der Waals surface area contributed by atoms with E-state index in [1.165, 1.54) is 12.8 Å². The number of carbonyl (C=O) groups excluding carboxylic acids is 1. The summed E-state index contributed by atoms with van der Waals surface area (Å²) in [5.41, 5.74) is 1.47. The molecule has 2 bridgehead atoms. The zero-order chi connectivity index (χ0) is 16.8. The van der Waals surface area contributed by atoms with Crippen LogP contribution in [0.3, 0.4) is 0 Å². The van der Waals surface area contributed by atoms with E-state index in [0.29, 0.717) is 17.6 Å². The van der Waals surface area contributed by atoms with Gasteiger partial charge in [-0.2, -0.15) is 0 Å². The third kappa shape index (κ3) is 2.57. The summed E-state index contributed by atoms with van der Waals surface area (Å²) in [6.45, 7) is 0. The molecule has 0 saturated carbocycles. The Morgan fingerprint density at radius 1 is 1.04 bits per heavy atom. The molecule has 126 valence electrons. The quantitative estimate of drug-likeness (QED) is 0.708. The van der Waals surface area contributed by atoms with Gasteiger partial charge in [0.1, 0.15) is 0 Å². The highest BCUT2D eigenvalue weighted by molar-refractivity contribution is 6.15. The van der Waals surface area contributed by atoms with Gasteiger partial charge in [0.05, 0.1) is 11.1 Å². The standard InChI is InChI=1S/C21H21N3O/c25-21(24-16-11-14-7-8-15(12-16)23-14)19-10-13-4-1-2-5-17(13)18-6-3-9-22-20(18)19/h1-6,9-10,14-16,23H,7-8,11-12H2,(H,24,25). The first kappa shape index (κ1) is 14.8. The van der Waals surface area contributed by atoms with Crippen LogP contribution in [0, 0.1) is 0 Å². The van der Waals surface area contributed by atoms with E-state index < -0.39 is 0 Å². The van der Waals surface area contributed by atoms with Crippen molar-refractivity contribution in [2.24, 2.45) is 0 Å². The van der Waals surface area contributed by atoms with Crippen LogP contribution in [0.5, 0.6) is 0 Å². The second kappa shape index (κ2) is 5.81. The fourth-order valence-corrected chi connectivity index (χ4v) is 4.54. The molecule has 2 atom stereocenters. The molecular formula is C21H21N3O. The van der Waals surface area contributed by atoms with Crippen molar-refractivity contribution in [1.29, 1.82) is 0 Å². The monoisotopic (exact) mass is 331 g/mol. The summed E-state index contributed by atoms with van der Waals surface area (Å²) in [6.07, 6.45) is 6.29. The molecule has 0 radical (unpaired) electrons. The Labute approximate surface area is 146 Å². The van der Waals surface area contributed by atoms with E-state index in [4.69, 9.17) is 0 Å². The molecule has 1 aromatic heterocycles. The molecule has 5 rings (SSSR count). The van der Waals surface area contributed by atoms with E-state index in [1.54, 1.807) is 6.20 Å². The lowest BCUT2D eigenvalue weighted by atomic mass is 9.97. The van der Waals surface area contributed by atoms with Crippen LogP contribution in [0.25, 0.3) is 21.7 Å². The van der Waals surface area contributed by atoms with Gasteiger partial charge in [-0.3, -0.25) is 9.78 Å². The maximum atomic E-state index is 13.0. The number of amides is 1. The van der Waals surface area contributed by atoms with Crippen LogP contribution in [0.15, 0.2) is 48.7 Å². The van der Waals surface area contributed by atoms with E-state index in [2.05, 4.69) is 27.8 Å². The average molecular weight is 331 g/mol. The highest BCUT2D eigenvalue weighted by Gasteiger charge is 2.34. The predicted molar refractivity (Wildman–Crippen MR) is 99.7 cm³/mol. The van der Waals surface area contributed by atoms with Crippen molar-refractivity contribution in [3.8, 4) is 0 Å². The van der Waals surface area contributed by atoms with Crippen molar-refractivity contribution in [2.75, 3.05) is 0 Å². The SMILES string of the molecule is O=C(NC1CC2CCC(C1)N2)c1cc2ccccc2c2cccnc12. The number of nitrogens with one attached hydrogen (secondary N) is 2. The molecule has 4 nitrogen and oxygen atoms in total. The summed E-state index contributed by atoms with van der Waals surface area (Å²) >= 11 is 0. The summed E-state index contributed by atoms with van der Waals surface area (Å²) in [7, 11) is 0. The average Bonchev–Trinajstić information content (AvgIpc) is 2.99. The van der Waals surface area contributed by atoms with Crippen LogP contribution >= 0.6 is 0 Å². The topological polar surface area (TPSA) is 54.0 Å². The van der Waals surface area contributed by atoms with Crippen LogP contribution < -0.4 is 10.6 Å². The third-order valence-corrected chi connectivity index (χ3v) is 5.67. The van der Waals surface area contributed by atoms with Gasteiger partial charge in [-0.15, -0.1) is 0 Å².